The van der Waals surface area contributed by atoms with E-state index in [1.165, 1.54) is 0 Å². The summed E-state index contributed by atoms with van der Waals surface area (Å²) in [5, 5.41) is 2.84. The molecule has 1 aliphatic heterocycles. The summed E-state index contributed by atoms with van der Waals surface area (Å²) >= 11 is 0. The van der Waals surface area contributed by atoms with Crippen molar-refractivity contribution in [3.63, 3.8) is 0 Å². The molecule has 0 saturated heterocycles. The quantitative estimate of drug-likeness (QED) is 0.682. The number of fused-ring (bicyclic) bond motifs is 1. The third-order valence-corrected chi connectivity index (χ3v) is 2.28. The normalized spacial score (nSPS) is 15.9. The number of nitrogens with one attached hydrogen (secondary N) is 1. The fourth-order valence-corrected chi connectivity index (χ4v) is 1.56. The summed E-state index contributed by atoms with van der Waals surface area (Å²) in [5.41, 5.74) is 1.85. The van der Waals surface area contributed by atoms with Crippen LogP contribution in [0.25, 0.3) is 0 Å². The molecule has 0 aliphatic carbocycles. The van der Waals surface area contributed by atoms with Crippen LogP contribution in [0.5, 0.6) is 5.75 Å². The van der Waals surface area contributed by atoms with E-state index < -0.39 is 0 Å². The van der Waals surface area contributed by atoms with Crippen LogP contribution in [-0.4, -0.2) is 12.5 Å². The highest BCUT2D eigenvalue weighted by molar-refractivity contribution is 5.92. The number of hydrogen-bond donors (Lipinski definition) is 1. The van der Waals surface area contributed by atoms with E-state index in [2.05, 4.69) is 5.32 Å². The standard InChI is InChI=1S/C11H13NO2/c1-8-4-2-5-9-11(8)14-7-3-6-10(13)12-9/h2,4-5H,3,6-7H2,1H3,(H,12,13). The Morgan fingerprint density at radius 1 is 1.43 bits per heavy atom. The van der Waals surface area contributed by atoms with Gasteiger partial charge in [0.15, 0.2) is 0 Å². The van der Waals surface area contributed by atoms with Gasteiger partial charge in [-0.3, -0.25) is 4.79 Å². The summed E-state index contributed by atoms with van der Waals surface area (Å²) in [7, 11) is 0. The van der Waals surface area contributed by atoms with E-state index in [0.717, 1.165) is 23.4 Å². The van der Waals surface area contributed by atoms with Gasteiger partial charge in [-0.1, -0.05) is 12.1 Å². The van der Waals surface area contributed by atoms with E-state index in [9.17, 15) is 4.79 Å². The molecule has 0 radical (unpaired) electrons. The van der Waals surface area contributed by atoms with E-state index in [4.69, 9.17) is 4.74 Å². The average molecular weight is 191 g/mol. The van der Waals surface area contributed by atoms with Gasteiger partial charge in [-0.15, -0.1) is 0 Å². The molecule has 1 heterocycles. The molecule has 14 heavy (non-hydrogen) atoms. The third-order valence-electron chi connectivity index (χ3n) is 2.28. The van der Waals surface area contributed by atoms with Crippen LogP contribution in [0, 0.1) is 6.92 Å². The lowest BCUT2D eigenvalue weighted by Crippen LogP contribution is -2.17. The maximum absolute atomic E-state index is 11.3. The van der Waals surface area contributed by atoms with Crippen molar-refractivity contribution in [3.05, 3.63) is 23.8 Å². The average Bonchev–Trinajstić information content (AvgIpc) is 2.12. The first kappa shape index (κ1) is 9.06. The van der Waals surface area contributed by atoms with Crippen molar-refractivity contribution in [2.24, 2.45) is 0 Å². The molecule has 0 bridgehead atoms. The Kier molecular flexibility index (Phi) is 2.39. The van der Waals surface area contributed by atoms with Crippen molar-refractivity contribution < 1.29 is 9.53 Å². The lowest BCUT2D eigenvalue weighted by Gasteiger charge is -2.17. The Hall–Kier alpha value is -1.51. The van der Waals surface area contributed by atoms with Crippen LogP contribution in [0.1, 0.15) is 18.4 Å². The summed E-state index contributed by atoms with van der Waals surface area (Å²) in [4.78, 5) is 11.3. The van der Waals surface area contributed by atoms with Gasteiger partial charge in [0.2, 0.25) is 5.91 Å². The predicted molar refractivity (Wildman–Crippen MR) is 54.5 cm³/mol. The van der Waals surface area contributed by atoms with Gasteiger partial charge in [0.25, 0.3) is 0 Å². The van der Waals surface area contributed by atoms with Gasteiger partial charge in [-0.25, -0.2) is 0 Å². The van der Waals surface area contributed by atoms with Gasteiger partial charge in [-0.2, -0.15) is 0 Å². The van der Waals surface area contributed by atoms with Gasteiger partial charge in [0.05, 0.1) is 12.3 Å². The number of amides is 1. The third kappa shape index (κ3) is 1.71. The molecule has 3 heteroatoms. The highest BCUT2D eigenvalue weighted by Crippen LogP contribution is 2.29. The maximum Gasteiger partial charge on any atom is 0.224 e. The number of aryl methyl sites for hydroxylation is 1. The Morgan fingerprint density at radius 3 is 3.14 bits per heavy atom. The highest BCUT2D eigenvalue weighted by atomic mass is 16.5. The number of para-hydroxylation sites is 1. The van der Waals surface area contributed by atoms with Crippen molar-refractivity contribution >= 4 is 11.6 Å². The monoisotopic (exact) mass is 191 g/mol. The molecule has 3 nitrogen and oxygen atoms in total. The van der Waals surface area contributed by atoms with E-state index in [1.807, 2.05) is 25.1 Å². The van der Waals surface area contributed by atoms with E-state index in [1.54, 1.807) is 0 Å². The van der Waals surface area contributed by atoms with Crippen molar-refractivity contribution in [2.75, 3.05) is 11.9 Å². The van der Waals surface area contributed by atoms with Crippen LogP contribution in [0.4, 0.5) is 5.69 Å². The van der Waals surface area contributed by atoms with Crippen LogP contribution in [0.2, 0.25) is 0 Å². The first-order valence-corrected chi connectivity index (χ1v) is 4.79. The van der Waals surface area contributed by atoms with Crippen molar-refractivity contribution in [2.45, 2.75) is 19.8 Å². The van der Waals surface area contributed by atoms with Crippen LogP contribution >= 0.6 is 0 Å². The second kappa shape index (κ2) is 3.70. The van der Waals surface area contributed by atoms with Crippen molar-refractivity contribution in [3.8, 4) is 5.75 Å². The van der Waals surface area contributed by atoms with Gasteiger partial charge in [0.1, 0.15) is 5.75 Å². The molecule has 0 spiro atoms. The van der Waals surface area contributed by atoms with Crippen molar-refractivity contribution in [1.29, 1.82) is 0 Å². The summed E-state index contributed by atoms with van der Waals surface area (Å²) < 4.78 is 5.59. The van der Waals surface area contributed by atoms with E-state index >= 15 is 0 Å². The van der Waals surface area contributed by atoms with Crippen LogP contribution in [0.3, 0.4) is 0 Å². The Labute approximate surface area is 83.1 Å². The minimum absolute atomic E-state index is 0.0696. The molecule has 0 saturated carbocycles. The minimum Gasteiger partial charge on any atom is -0.491 e. The molecule has 1 aromatic rings. The van der Waals surface area contributed by atoms with Gasteiger partial charge < -0.3 is 10.1 Å². The lowest BCUT2D eigenvalue weighted by molar-refractivity contribution is -0.116. The first-order valence-electron chi connectivity index (χ1n) is 4.79. The van der Waals surface area contributed by atoms with Gasteiger partial charge in [0, 0.05) is 6.42 Å². The topological polar surface area (TPSA) is 38.3 Å². The number of hydrogen-bond acceptors (Lipinski definition) is 2. The SMILES string of the molecule is Cc1cccc2c1OCCCC(=O)N2. The number of benzene rings is 1. The molecule has 0 atom stereocenters. The highest BCUT2D eigenvalue weighted by Gasteiger charge is 2.13. The number of carbonyl (C=O) groups excluding carboxylic acids is 1. The second-order valence-electron chi connectivity index (χ2n) is 3.45. The number of ether oxygens (including phenoxy) is 1. The van der Waals surface area contributed by atoms with Gasteiger partial charge in [-0.05, 0) is 25.0 Å². The molecule has 1 aromatic carbocycles. The fourth-order valence-electron chi connectivity index (χ4n) is 1.56. The maximum atomic E-state index is 11.3. The van der Waals surface area contributed by atoms with E-state index in [-0.39, 0.29) is 5.91 Å². The Bertz CT molecular complexity index is 360. The molecule has 1 amide bonds. The molecule has 0 unspecified atom stereocenters. The minimum atomic E-state index is 0.0696. The zero-order valence-corrected chi connectivity index (χ0v) is 8.17. The molecule has 1 aliphatic rings. The zero-order valence-electron chi connectivity index (χ0n) is 8.17. The zero-order chi connectivity index (χ0) is 9.97. The smallest absolute Gasteiger partial charge is 0.224 e. The Balaban J connectivity index is 2.38. The summed E-state index contributed by atoms with van der Waals surface area (Å²) in [5.74, 6) is 0.876. The predicted octanol–water partition coefficient (Wildman–Crippen LogP) is 2.11. The first-order chi connectivity index (χ1) is 6.77. The molecular weight excluding hydrogens is 178 g/mol. The number of rotatable bonds is 0. The van der Waals surface area contributed by atoms with Crippen LogP contribution in [0.15, 0.2) is 18.2 Å². The van der Waals surface area contributed by atoms with Gasteiger partial charge >= 0.3 is 0 Å². The fraction of sp³-hybridized carbons (Fsp3) is 0.364. The second-order valence-corrected chi connectivity index (χ2v) is 3.45. The van der Waals surface area contributed by atoms with Crippen LogP contribution < -0.4 is 10.1 Å². The Morgan fingerprint density at radius 2 is 2.29 bits per heavy atom. The largest absolute Gasteiger partial charge is 0.491 e. The van der Waals surface area contributed by atoms with Crippen LogP contribution in [-0.2, 0) is 4.79 Å². The molecule has 74 valence electrons. The summed E-state index contributed by atoms with van der Waals surface area (Å²) in [6.45, 7) is 2.60. The van der Waals surface area contributed by atoms with E-state index in [0.29, 0.717) is 13.0 Å². The summed E-state index contributed by atoms with van der Waals surface area (Å²) in [6, 6.07) is 5.76. The van der Waals surface area contributed by atoms with Crippen molar-refractivity contribution in [1.82, 2.24) is 0 Å². The molecule has 0 fully saturated rings. The molecule has 2 rings (SSSR count). The lowest BCUT2D eigenvalue weighted by atomic mass is 10.1. The number of anilines is 1. The number of carbonyl (C=O) groups is 1. The molecule has 1 N–H and O–H groups in total. The summed E-state index contributed by atoms with van der Waals surface area (Å²) in [6.07, 6.45) is 1.31. The molecular formula is C11H13NO2. The molecule has 0 aromatic heterocycles.